The molecule has 0 saturated heterocycles. The third-order valence-corrected chi connectivity index (χ3v) is 7.59. The molecular weight excluding hydrogens is 542 g/mol. The summed E-state index contributed by atoms with van der Waals surface area (Å²) in [4.78, 5) is 28.4. The fraction of sp³-hybridized carbons (Fsp3) is 0.259. The van der Waals surface area contributed by atoms with Gasteiger partial charge in [0, 0.05) is 24.5 Å². The van der Waals surface area contributed by atoms with E-state index in [1.807, 2.05) is 61.5 Å². The van der Waals surface area contributed by atoms with Crippen molar-refractivity contribution in [1.29, 1.82) is 0 Å². The zero-order valence-electron chi connectivity index (χ0n) is 20.5. The van der Waals surface area contributed by atoms with Crippen LogP contribution in [0.15, 0.2) is 83.3 Å². The fourth-order valence-corrected chi connectivity index (χ4v) is 5.34. The van der Waals surface area contributed by atoms with Gasteiger partial charge in [-0.3, -0.25) is 13.9 Å². The third-order valence-electron chi connectivity index (χ3n) is 5.79. The molecule has 0 saturated carbocycles. The first-order valence-corrected chi connectivity index (χ1v) is 14.1. The van der Waals surface area contributed by atoms with Crippen molar-refractivity contribution in [3.05, 3.63) is 100 Å². The number of carbonyl (C=O) groups excluding carboxylic acids is 2. The lowest BCUT2D eigenvalue weighted by Crippen LogP contribution is -2.52. The van der Waals surface area contributed by atoms with Gasteiger partial charge in [-0.15, -0.1) is 0 Å². The van der Waals surface area contributed by atoms with Crippen molar-refractivity contribution in [2.45, 2.75) is 25.9 Å². The molecule has 2 amide bonds. The van der Waals surface area contributed by atoms with Gasteiger partial charge >= 0.3 is 0 Å². The number of rotatable bonds is 10. The monoisotopic (exact) mass is 571 g/mol. The predicted molar refractivity (Wildman–Crippen MR) is 146 cm³/mol. The van der Waals surface area contributed by atoms with E-state index >= 15 is 0 Å². The Labute approximate surface area is 221 Å². The van der Waals surface area contributed by atoms with E-state index in [2.05, 4.69) is 21.2 Å². The van der Waals surface area contributed by atoms with E-state index in [4.69, 9.17) is 0 Å². The van der Waals surface area contributed by atoms with Crippen molar-refractivity contribution in [3.8, 4) is 0 Å². The van der Waals surface area contributed by atoms with Crippen molar-refractivity contribution in [2.75, 3.05) is 24.2 Å². The van der Waals surface area contributed by atoms with Crippen LogP contribution in [0.2, 0.25) is 0 Å². The summed E-state index contributed by atoms with van der Waals surface area (Å²) in [5, 5.41) is 2.67. The smallest absolute Gasteiger partial charge is 0.244 e. The van der Waals surface area contributed by atoms with Crippen LogP contribution in [0.25, 0.3) is 0 Å². The number of nitrogens with one attached hydrogen (secondary N) is 1. The molecule has 0 spiro atoms. The van der Waals surface area contributed by atoms with E-state index in [0.717, 1.165) is 27.3 Å². The van der Waals surface area contributed by atoms with Crippen LogP contribution >= 0.6 is 15.9 Å². The van der Waals surface area contributed by atoms with E-state index in [0.29, 0.717) is 10.2 Å². The van der Waals surface area contributed by atoms with Gasteiger partial charge in [-0.25, -0.2) is 8.42 Å². The maximum absolute atomic E-state index is 13.8. The molecule has 0 heterocycles. The molecule has 0 radical (unpaired) electrons. The van der Waals surface area contributed by atoms with Gasteiger partial charge in [0.05, 0.1) is 11.9 Å². The van der Waals surface area contributed by atoms with Gasteiger partial charge in [0.15, 0.2) is 0 Å². The van der Waals surface area contributed by atoms with Crippen molar-refractivity contribution in [1.82, 2.24) is 10.2 Å². The Kier molecular flexibility index (Phi) is 9.28. The lowest BCUT2D eigenvalue weighted by atomic mass is 10.0. The van der Waals surface area contributed by atoms with E-state index in [9.17, 15) is 18.0 Å². The Balaban J connectivity index is 2.03. The average Bonchev–Trinajstić information content (AvgIpc) is 2.85. The minimum Gasteiger partial charge on any atom is -0.357 e. The number of sulfonamides is 1. The summed E-state index contributed by atoms with van der Waals surface area (Å²) in [6, 6.07) is 23.1. The van der Waals surface area contributed by atoms with E-state index in [1.54, 1.807) is 24.3 Å². The van der Waals surface area contributed by atoms with Crippen LogP contribution in [0.1, 0.15) is 16.7 Å². The number of likely N-dealkylation sites (N-methyl/N-ethyl adjacent to an activating group) is 1. The molecule has 190 valence electrons. The summed E-state index contributed by atoms with van der Waals surface area (Å²) in [5.74, 6) is -0.813. The number of halogens is 1. The van der Waals surface area contributed by atoms with Crippen LogP contribution in [0.4, 0.5) is 5.69 Å². The lowest BCUT2D eigenvalue weighted by molar-refractivity contribution is -0.139. The molecule has 0 fully saturated rings. The number of aryl methyl sites for hydroxylation is 1. The van der Waals surface area contributed by atoms with E-state index in [-0.39, 0.29) is 18.9 Å². The van der Waals surface area contributed by atoms with Gasteiger partial charge in [-0.2, -0.15) is 0 Å². The van der Waals surface area contributed by atoms with Gasteiger partial charge < -0.3 is 10.2 Å². The number of para-hydroxylation sites is 1. The number of nitrogens with zero attached hydrogens (tertiary/aromatic N) is 2. The minimum atomic E-state index is -3.80. The quantitative estimate of drug-likeness (QED) is 0.399. The molecule has 3 rings (SSSR count). The van der Waals surface area contributed by atoms with E-state index in [1.165, 1.54) is 11.9 Å². The molecule has 1 atom stereocenters. The van der Waals surface area contributed by atoms with Crippen LogP contribution < -0.4 is 9.62 Å². The zero-order valence-corrected chi connectivity index (χ0v) is 22.9. The van der Waals surface area contributed by atoms with E-state index < -0.39 is 28.5 Å². The number of hydrogen-bond acceptors (Lipinski definition) is 4. The molecule has 9 heteroatoms. The summed E-state index contributed by atoms with van der Waals surface area (Å²) in [6.07, 6.45) is 1.34. The van der Waals surface area contributed by atoms with Crippen LogP contribution in [0, 0.1) is 6.92 Å². The number of carbonyl (C=O) groups is 2. The normalized spacial score (nSPS) is 12.0. The summed E-state index contributed by atoms with van der Waals surface area (Å²) in [5.41, 5.74) is 3.14. The first kappa shape index (κ1) is 27.4. The van der Waals surface area contributed by atoms with Crippen molar-refractivity contribution >= 4 is 43.5 Å². The molecule has 0 aromatic heterocycles. The fourth-order valence-electron chi connectivity index (χ4n) is 3.86. The summed E-state index contributed by atoms with van der Waals surface area (Å²) in [6.45, 7) is 1.67. The number of hydrogen-bond donors (Lipinski definition) is 1. The standard InChI is InChI=1S/C27H30BrN3O4S/c1-20-13-15-22(16-14-20)18-30(25(27(33)29-2)17-21-9-5-4-6-10-21)26(32)19-31(36(3,34)35)24-12-8-7-11-23(24)28/h4-16,25H,17-19H2,1-3H3,(H,29,33)/t25-/m1/s1. The highest BCUT2D eigenvalue weighted by Gasteiger charge is 2.33. The zero-order chi connectivity index (χ0) is 26.3. The second kappa shape index (κ2) is 12.2. The first-order valence-electron chi connectivity index (χ1n) is 11.4. The Morgan fingerprint density at radius 1 is 0.917 bits per heavy atom. The second-order valence-corrected chi connectivity index (χ2v) is 11.3. The number of anilines is 1. The molecule has 36 heavy (non-hydrogen) atoms. The molecule has 0 aliphatic rings. The third kappa shape index (κ3) is 7.18. The second-order valence-electron chi connectivity index (χ2n) is 8.55. The maximum atomic E-state index is 13.8. The van der Waals surface area contributed by atoms with Crippen LogP contribution in [0.3, 0.4) is 0 Å². The molecule has 1 N–H and O–H groups in total. The molecule has 0 unspecified atom stereocenters. The van der Waals surface area contributed by atoms with Crippen LogP contribution in [-0.4, -0.2) is 51.0 Å². The van der Waals surface area contributed by atoms with Crippen LogP contribution in [-0.2, 0) is 32.6 Å². The summed E-state index contributed by atoms with van der Waals surface area (Å²) in [7, 11) is -2.28. The predicted octanol–water partition coefficient (Wildman–Crippen LogP) is 3.91. The van der Waals surface area contributed by atoms with Crippen molar-refractivity contribution < 1.29 is 18.0 Å². The molecule has 3 aromatic carbocycles. The molecule has 0 bridgehead atoms. The van der Waals surface area contributed by atoms with Crippen molar-refractivity contribution in [3.63, 3.8) is 0 Å². The SMILES string of the molecule is CNC(=O)[C@@H](Cc1ccccc1)N(Cc1ccc(C)cc1)C(=O)CN(c1ccccc1Br)S(C)(=O)=O. The Hall–Kier alpha value is -3.17. The molecule has 0 aliphatic carbocycles. The molecule has 0 aliphatic heterocycles. The van der Waals surface area contributed by atoms with Gasteiger partial charge in [0.1, 0.15) is 12.6 Å². The Morgan fingerprint density at radius 2 is 1.53 bits per heavy atom. The maximum Gasteiger partial charge on any atom is 0.244 e. The van der Waals surface area contributed by atoms with Gasteiger partial charge in [0.2, 0.25) is 21.8 Å². The number of benzene rings is 3. The molecule has 3 aromatic rings. The Morgan fingerprint density at radius 3 is 2.11 bits per heavy atom. The minimum absolute atomic E-state index is 0.150. The highest BCUT2D eigenvalue weighted by atomic mass is 79.9. The summed E-state index contributed by atoms with van der Waals surface area (Å²) >= 11 is 3.39. The highest BCUT2D eigenvalue weighted by Crippen LogP contribution is 2.28. The topological polar surface area (TPSA) is 86.8 Å². The van der Waals surface area contributed by atoms with Gasteiger partial charge in [-0.1, -0.05) is 72.3 Å². The molecule has 7 nitrogen and oxygen atoms in total. The summed E-state index contributed by atoms with van der Waals surface area (Å²) < 4.78 is 27.1. The van der Waals surface area contributed by atoms with Gasteiger partial charge in [0.25, 0.3) is 0 Å². The molecular formula is C27H30BrN3O4S. The average molecular weight is 573 g/mol. The Bertz CT molecular complexity index is 1300. The number of amides is 2. The van der Waals surface area contributed by atoms with Crippen molar-refractivity contribution in [2.24, 2.45) is 0 Å². The largest absolute Gasteiger partial charge is 0.357 e. The lowest BCUT2D eigenvalue weighted by Gasteiger charge is -2.33. The highest BCUT2D eigenvalue weighted by molar-refractivity contribution is 9.10. The van der Waals surface area contributed by atoms with Gasteiger partial charge in [-0.05, 0) is 46.1 Å². The van der Waals surface area contributed by atoms with Crippen LogP contribution in [0.5, 0.6) is 0 Å². The first-order chi connectivity index (χ1) is 17.1.